The average Bonchev–Trinajstić information content (AvgIpc) is 2.81. The van der Waals surface area contributed by atoms with Crippen LogP contribution in [-0.4, -0.2) is 35.8 Å². The number of hydrogen-bond acceptors (Lipinski definition) is 5. The third-order valence-electron chi connectivity index (χ3n) is 7.48. The number of sulfonamides is 1. The SMILES string of the molecule is Cc1cccc2c1CN(S(=O)(=O)C(F)(F)F)CC(C13CC(C1)C3)N2Cc1cc(N)c(F)cn1. The summed E-state index contributed by atoms with van der Waals surface area (Å²) in [4.78, 5) is 6.09. The number of halogens is 4. The molecule has 6 nitrogen and oxygen atoms in total. The molecule has 178 valence electrons. The summed E-state index contributed by atoms with van der Waals surface area (Å²) < 4.78 is 80.1. The van der Waals surface area contributed by atoms with E-state index in [0.717, 1.165) is 25.5 Å². The Morgan fingerprint density at radius 3 is 2.52 bits per heavy atom. The maximum Gasteiger partial charge on any atom is 0.511 e. The minimum atomic E-state index is -5.53. The maximum absolute atomic E-state index is 13.7. The van der Waals surface area contributed by atoms with Gasteiger partial charge in [0.1, 0.15) is 0 Å². The number of fused-ring (bicyclic) bond motifs is 1. The van der Waals surface area contributed by atoms with Gasteiger partial charge in [-0.2, -0.15) is 17.5 Å². The van der Waals surface area contributed by atoms with Crippen molar-refractivity contribution >= 4 is 21.4 Å². The first-order valence-electron chi connectivity index (χ1n) is 10.7. The van der Waals surface area contributed by atoms with Gasteiger partial charge >= 0.3 is 15.5 Å². The largest absolute Gasteiger partial charge is 0.511 e. The first kappa shape index (κ1) is 22.4. The molecule has 2 heterocycles. The van der Waals surface area contributed by atoms with Crippen molar-refractivity contribution in [1.29, 1.82) is 0 Å². The van der Waals surface area contributed by atoms with Crippen LogP contribution in [0.2, 0.25) is 0 Å². The van der Waals surface area contributed by atoms with E-state index in [4.69, 9.17) is 5.73 Å². The highest BCUT2D eigenvalue weighted by atomic mass is 32.2. The highest BCUT2D eigenvalue weighted by molar-refractivity contribution is 7.89. The number of nitrogen functional groups attached to an aromatic ring is 1. The van der Waals surface area contributed by atoms with Gasteiger partial charge in [0.2, 0.25) is 0 Å². The Bertz CT molecular complexity index is 1200. The molecule has 2 bridgehead atoms. The first-order valence-corrected chi connectivity index (χ1v) is 12.2. The van der Waals surface area contributed by atoms with Gasteiger partial charge in [0.25, 0.3) is 0 Å². The van der Waals surface area contributed by atoms with Crippen LogP contribution >= 0.6 is 0 Å². The van der Waals surface area contributed by atoms with Gasteiger partial charge in [0.05, 0.1) is 24.1 Å². The van der Waals surface area contributed by atoms with E-state index in [-0.39, 0.29) is 30.7 Å². The van der Waals surface area contributed by atoms with E-state index in [0.29, 0.717) is 32.7 Å². The number of nitrogens with zero attached hydrogens (tertiary/aromatic N) is 3. The van der Waals surface area contributed by atoms with Gasteiger partial charge in [0.15, 0.2) is 5.82 Å². The number of rotatable bonds is 4. The molecule has 0 saturated heterocycles. The van der Waals surface area contributed by atoms with Crippen LogP contribution in [0.25, 0.3) is 0 Å². The molecule has 3 aliphatic carbocycles. The van der Waals surface area contributed by atoms with Gasteiger partial charge in [0, 0.05) is 24.8 Å². The molecule has 0 spiro atoms. The van der Waals surface area contributed by atoms with Crippen molar-refractivity contribution in [3.8, 4) is 0 Å². The second-order valence-corrected chi connectivity index (χ2v) is 11.4. The summed E-state index contributed by atoms with van der Waals surface area (Å²) in [5, 5.41) is 0. The van der Waals surface area contributed by atoms with Crippen molar-refractivity contribution in [2.24, 2.45) is 11.3 Å². The molecule has 0 amide bonds. The number of alkyl halides is 3. The molecule has 2 N–H and O–H groups in total. The number of nitrogens with two attached hydrogens (primary N) is 1. The fourth-order valence-electron chi connectivity index (χ4n) is 5.63. The van der Waals surface area contributed by atoms with Gasteiger partial charge in [-0.1, -0.05) is 12.1 Å². The number of pyridine rings is 1. The van der Waals surface area contributed by atoms with E-state index in [1.807, 2.05) is 4.90 Å². The normalized spacial score (nSPS) is 27.4. The van der Waals surface area contributed by atoms with Gasteiger partial charge in [-0.25, -0.2) is 12.8 Å². The fourth-order valence-corrected chi connectivity index (χ4v) is 6.55. The second kappa shape index (κ2) is 7.30. The Balaban J connectivity index is 1.63. The summed E-state index contributed by atoms with van der Waals surface area (Å²) in [6, 6.07) is 6.30. The minimum absolute atomic E-state index is 0.0670. The van der Waals surface area contributed by atoms with Crippen molar-refractivity contribution in [2.45, 2.75) is 50.8 Å². The predicted octanol–water partition coefficient (Wildman–Crippen LogP) is 3.95. The van der Waals surface area contributed by atoms with Crippen LogP contribution in [0.3, 0.4) is 0 Å². The van der Waals surface area contributed by atoms with Crippen LogP contribution in [0.4, 0.5) is 28.9 Å². The minimum Gasteiger partial charge on any atom is -0.396 e. The summed E-state index contributed by atoms with van der Waals surface area (Å²) in [5.74, 6) is -0.108. The Morgan fingerprint density at radius 1 is 1.24 bits per heavy atom. The lowest BCUT2D eigenvalue weighted by Crippen LogP contribution is -2.66. The van der Waals surface area contributed by atoms with E-state index in [2.05, 4.69) is 4.98 Å². The number of hydrogen-bond donors (Lipinski definition) is 1. The molecule has 1 unspecified atom stereocenters. The fraction of sp³-hybridized carbons (Fsp3) is 0.500. The van der Waals surface area contributed by atoms with Crippen molar-refractivity contribution in [2.75, 3.05) is 17.2 Å². The Kier molecular flexibility index (Phi) is 4.95. The van der Waals surface area contributed by atoms with Crippen LogP contribution in [0.15, 0.2) is 30.5 Å². The Morgan fingerprint density at radius 2 is 1.94 bits per heavy atom. The second-order valence-electron chi connectivity index (χ2n) is 9.50. The van der Waals surface area contributed by atoms with Gasteiger partial charge in [-0.3, -0.25) is 4.98 Å². The predicted molar refractivity (Wildman–Crippen MR) is 115 cm³/mol. The zero-order valence-corrected chi connectivity index (χ0v) is 18.8. The van der Waals surface area contributed by atoms with Gasteiger partial charge in [-0.15, -0.1) is 0 Å². The highest BCUT2D eigenvalue weighted by Gasteiger charge is 2.63. The maximum atomic E-state index is 13.7. The van der Waals surface area contributed by atoms with Crippen LogP contribution < -0.4 is 10.6 Å². The molecule has 3 saturated carbocycles. The summed E-state index contributed by atoms with van der Waals surface area (Å²) in [5.41, 5.74) is 2.38. The summed E-state index contributed by atoms with van der Waals surface area (Å²) in [6.45, 7) is 1.29. The molecule has 11 heteroatoms. The summed E-state index contributed by atoms with van der Waals surface area (Å²) in [6.07, 6.45) is 3.59. The zero-order chi connectivity index (χ0) is 23.8. The zero-order valence-electron chi connectivity index (χ0n) is 17.9. The van der Waals surface area contributed by atoms with Crippen LogP contribution in [-0.2, 0) is 23.1 Å². The lowest BCUT2D eigenvalue weighted by Gasteiger charge is -2.67. The molecular weight excluding hydrogens is 460 g/mol. The van der Waals surface area contributed by atoms with E-state index >= 15 is 0 Å². The molecule has 1 aromatic carbocycles. The van der Waals surface area contributed by atoms with Crippen molar-refractivity contribution < 1.29 is 26.0 Å². The van der Waals surface area contributed by atoms with Crippen LogP contribution in [0.1, 0.15) is 36.1 Å². The number of aryl methyl sites for hydroxylation is 1. The molecule has 6 rings (SSSR count). The Hall–Kier alpha value is -2.40. The van der Waals surface area contributed by atoms with Crippen molar-refractivity contribution in [3.63, 3.8) is 0 Å². The molecule has 3 fully saturated rings. The summed E-state index contributed by atoms with van der Waals surface area (Å²) in [7, 11) is -5.53. The lowest BCUT2D eigenvalue weighted by molar-refractivity contribution is -0.129. The van der Waals surface area contributed by atoms with Crippen LogP contribution in [0, 0.1) is 24.1 Å². The van der Waals surface area contributed by atoms with Crippen molar-refractivity contribution in [3.05, 3.63) is 53.1 Å². The third kappa shape index (κ3) is 3.47. The molecule has 2 aromatic rings. The molecule has 1 atom stereocenters. The number of anilines is 2. The Labute approximate surface area is 189 Å². The van der Waals surface area contributed by atoms with E-state index in [9.17, 15) is 26.0 Å². The van der Waals surface area contributed by atoms with E-state index in [1.54, 1.807) is 25.1 Å². The highest BCUT2D eigenvalue weighted by Crippen LogP contribution is 2.67. The quantitative estimate of drug-likeness (QED) is 0.665. The molecule has 0 radical (unpaired) electrons. The topological polar surface area (TPSA) is 79.5 Å². The summed E-state index contributed by atoms with van der Waals surface area (Å²) >= 11 is 0. The smallest absolute Gasteiger partial charge is 0.396 e. The molecule has 1 aromatic heterocycles. The molecule has 33 heavy (non-hydrogen) atoms. The van der Waals surface area contributed by atoms with E-state index in [1.165, 1.54) is 6.07 Å². The molecule has 1 aliphatic heterocycles. The molecule has 4 aliphatic rings. The number of benzene rings is 1. The number of aromatic nitrogens is 1. The lowest BCUT2D eigenvalue weighted by atomic mass is 9.41. The third-order valence-corrected chi connectivity index (χ3v) is 9.02. The van der Waals surface area contributed by atoms with Gasteiger partial charge < -0.3 is 10.6 Å². The standard InChI is InChI=1S/C22H24F4N4O2S/c1-13-3-2-4-19-16(13)11-29(33(31,32)22(24,25)26)12-20(21-6-14(7-21)8-21)30(19)10-15-5-18(27)17(23)9-28-15/h2-5,9,14,20H,6-8,10-12H2,1H3,(H2,27,28). The van der Waals surface area contributed by atoms with Crippen molar-refractivity contribution in [1.82, 2.24) is 9.29 Å². The monoisotopic (exact) mass is 484 g/mol. The van der Waals surface area contributed by atoms with Gasteiger partial charge in [-0.05, 0) is 60.8 Å². The average molecular weight is 485 g/mol. The molecular formula is C22H24F4N4O2S. The van der Waals surface area contributed by atoms with Crippen LogP contribution in [0.5, 0.6) is 0 Å². The first-order chi connectivity index (χ1) is 15.4. The van der Waals surface area contributed by atoms with E-state index < -0.39 is 27.4 Å².